The highest BCUT2D eigenvalue weighted by atomic mass is 19.1. The molecule has 0 aliphatic heterocycles. The normalized spacial score (nSPS) is 14.7. The molecule has 0 radical (unpaired) electrons. The summed E-state index contributed by atoms with van der Waals surface area (Å²) in [5, 5.41) is 8.89. The fourth-order valence-corrected chi connectivity index (χ4v) is 2.87. The van der Waals surface area contributed by atoms with Gasteiger partial charge in [-0.25, -0.2) is 14.4 Å². The predicted molar refractivity (Wildman–Crippen MR) is 135 cm³/mol. The number of allylic oxidation sites excluding steroid dienone is 5. The molecule has 0 atom stereocenters. The van der Waals surface area contributed by atoms with Crippen molar-refractivity contribution in [3.05, 3.63) is 52.7 Å². The number of guanidine groups is 1. The molecule has 8 nitrogen and oxygen atoms in total. The summed E-state index contributed by atoms with van der Waals surface area (Å²) in [7, 11) is 6.83. The Morgan fingerprint density at radius 2 is 1.94 bits per heavy atom. The SMILES string of the molecule is CC.CN=C(N)N(C)C(=O)CC1=CC=CCC(C#N)=C1.Cc1nc(N(C)C)nc(C2CC2)c1F. The summed E-state index contributed by atoms with van der Waals surface area (Å²) in [6.07, 6.45) is 10.2. The number of aryl methyl sites for hydroxylation is 1. The molecular weight excluding hydrogens is 433 g/mol. The van der Waals surface area contributed by atoms with Gasteiger partial charge < -0.3 is 10.6 Å². The van der Waals surface area contributed by atoms with Gasteiger partial charge in [0.05, 0.1) is 23.9 Å². The Morgan fingerprint density at radius 1 is 1.29 bits per heavy atom. The van der Waals surface area contributed by atoms with E-state index in [0.717, 1.165) is 18.4 Å². The summed E-state index contributed by atoms with van der Waals surface area (Å²) in [5.41, 5.74) is 8.04. The molecule has 9 heteroatoms. The van der Waals surface area contributed by atoms with E-state index in [2.05, 4.69) is 21.0 Å². The first-order valence-corrected chi connectivity index (χ1v) is 11.3. The number of nitriles is 1. The van der Waals surface area contributed by atoms with Gasteiger partial charge in [-0.3, -0.25) is 14.7 Å². The topological polar surface area (TPSA) is 111 Å². The van der Waals surface area contributed by atoms with Crippen molar-refractivity contribution in [1.29, 1.82) is 5.26 Å². The Hall–Kier alpha value is -3.54. The van der Waals surface area contributed by atoms with Gasteiger partial charge in [0.2, 0.25) is 11.9 Å². The van der Waals surface area contributed by atoms with Crippen LogP contribution in [0.3, 0.4) is 0 Å². The largest absolute Gasteiger partial charge is 0.369 e. The minimum Gasteiger partial charge on any atom is -0.369 e. The number of rotatable bonds is 4. The van der Waals surface area contributed by atoms with Crippen LogP contribution in [0.1, 0.15) is 56.8 Å². The van der Waals surface area contributed by atoms with Crippen molar-refractivity contribution >= 4 is 17.8 Å². The number of aliphatic imine (C=N–C) groups is 1. The number of aromatic nitrogens is 2. The van der Waals surface area contributed by atoms with E-state index >= 15 is 0 Å². The number of hydrogen-bond acceptors (Lipinski definition) is 6. The predicted octanol–water partition coefficient (Wildman–Crippen LogP) is 4.01. The lowest BCUT2D eigenvalue weighted by Crippen LogP contribution is -2.38. The van der Waals surface area contributed by atoms with Crippen LogP contribution in [-0.4, -0.2) is 54.9 Å². The highest BCUT2D eigenvalue weighted by molar-refractivity contribution is 5.96. The van der Waals surface area contributed by atoms with Crippen LogP contribution in [-0.2, 0) is 4.79 Å². The number of amides is 1. The second-order valence-corrected chi connectivity index (χ2v) is 7.84. The second-order valence-electron chi connectivity index (χ2n) is 7.84. The lowest BCUT2D eigenvalue weighted by atomic mass is 10.1. The van der Waals surface area contributed by atoms with Crippen molar-refractivity contribution < 1.29 is 9.18 Å². The maximum absolute atomic E-state index is 13.6. The van der Waals surface area contributed by atoms with E-state index in [0.29, 0.717) is 35.2 Å². The molecule has 1 amide bonds. The molecule has 1 aromatic heterocycles. The standard InChI is InChI=1S/C13H16N4O.C10H14FN3.C2H6/c1-16-13(15)17(2)12(18)8-10-5-3-4-6-11(7-10)9-14;1-6-8(11)9(7-4-5-7)13-10(12-6)14(2)3;1-2/h3-5,7H,6,8H2,1-2H3,(H2,15,16);7H,4-5H2,1-3H3;1-2H3. The van der Waals surface area contributed by atoms with Crippen LogP contribution in [0.25, 0.3) is 0 Å². The summed E-state index contributed by atoms with van der Waals surface area (Å²) >= 11 is 0. The zero-order valence-electron chi connectivity index (χ0n) is 21.3. The summed E-state index contributed by atoms with van der Waals surface area (Å²) in [5.74, 6) is 0.724. The van der Waals surface area contributed by atoms with Crippen LogP contribution in [0, 0.1) is 24.1 Å². The third-order valence-corrected chi connectivity index (χ3v) is 4.98. The minimum absolute atomic E-state index is 0.159. The number of carbonyl (C=O) groups is 1. The number of nitrogens with zero attached hydrogens (tertiary/aromatic N) is 6. The number of nitrogens with two attached hydrogens (primary N) is 1. The first-order chi connectivity index (χ1) is 16.2. The van der Waals surface area contributed by atoms with Gasteiger partial charge in [-0.05, 0) is 31.4 Å². The van der Waals surface area contributed by atoms with Crippen LogP contribution in [0.4, 0.5) is 10.3 Å². The number of halogens is 1. The van der Waals surface area contributed by atoms with Crippen molar-refractivity contribution in [3.63, 3.8) is 0 Å². The Morgan fingerprint density at radius 3 is 2.47 bits per heavy atom. The third kappa shape index (κ3) is 8.43. The fourth-order valence-electron chi connectivity index (χ4n) is 2.87. The number of carbonyl (C=O) groups excluding carboxylic acids is 1. The van der Waals surface area contributed by atoms with Crippen LogP contribution < -0.4 is 10.6 Å². The molecule has 0 aromatic carbocycles. The number of hydrogen-bond donors (Lipinski definition) is 1. The van der Waals surface area contributed by atoms with Crippen molar-refractivity contribution in [2.24, 2.45) is 10.7 Å². The Kier molecular flexibility index (Phi) is 11.6. The highest BCUT2D eigenvalue weighted by Crippen LogP contribution is 2.40. The molecule has 0 saturated heterocycles. The van der Waals surface area contributed by atoms with E-state index in [1.54, 1.807) is 24.9 Å². The van der Waals surface area contributed by atoms with Gasteiger partial charge in [0.25, 0.3) is 0 Å². The fraction of sp³-hybridized carbons (Fsp3) is 0.480. The molecule has 1 heterocycles. The molecule has 1 fully saturated rings. The molecule has 3 rings (SSSR count). The molecule has 1 aromatic rings. The van der Waals surface area contributed by atoms with Crippen LogP contribution in [0.2, 0.25) is 0 Å². The van der Waals surface area contributed by atoms with Gasteiger partial charge in [-0.15, -0.1) is 0 Å². The van der Waals surface area contributed by atoms with Crippen molar-refractivity contribution in [2.45, 2.75) is 52.4 Å². The van der Waals surface area contributed by atoms with Crippen LogP contribution >= 0.6 is 0 Å². The van der Waals surface area contributed by atoms with Gasteiger partial charge in [-0.2, -0.15) is 5.26 Å². The molecule has 34 heavy (non-hydrogen) atoms. The molecular formula is C25H36FN7O. The zero-order chi connectivity index (χ0) is 25.8. The molecule has 0 unspecified atom stereocenters. The number of anilines is 1. The van der Waals surface area contributed by atoms with E-state index in [9.17, 15) is 9.18 Å². The van der Waals surface area contributed by atoms with Gasteiger partial charge in [0.15, 0.2) is 11.8 Å². The van der Waals surface area contributed by atoms with Crippen molar-refractivity contribution in [3.8, 4) is 6.07 Å². The molecule has 0 spiro atoms. The van der Waals surface area contributed by atoms with Gasteiger partial charge in [0.1, 0.15) is 0 Å². The van der Waals surface area contributed by atoms with Crippen LogP contribution in [0.15, 0.2) is 40.4 Å². The maximum atomic E-state index is 13.6. The average Bonchev–Trinajstić information content (AvgIpc) is 3.69. The Balaban J connectivity index is 0.000000324. The van der Waals surface area contributed by atoms with E-state index in [1.807, 2.05) is 46.2 Å². The molecule has 2 aliphatic carbocycles. The molecule has 184 valence electrons. The Bertz CT molecular complexity index is 1010. The zero-order valence-corrected chi connectivity index (χ0v) is 21.3. The molecule has 0 bridgehead atoms. The van der Waals surface area contributed by atoms with Crippen molar-refractivity contribution in [1.82, 2.24) is 14.9 Å². The first kappa shape index (κ1) is 28.5. The van der Waals surface area contributed by atoms with E-state index in [-0.39, 0.29) is 24.1 Å². The van der Waals surface area contributed by atoms with E-state index < -0.39 is 0 Å². The Labute approximate surface area is 202 Å². The quantitative estimate of drug-likeness (QED) is 0.527. The maximum Gasteiger partial charge on any atom is 0.233 e. The lowest BCUT2D eigenvalue weighted by molar-refractivity contribution is -0.125. The molecule has 2 aliphatic rings. The summed E-state index contributed by atoms with van der Waals surface area (Å²) in [4.78, 5) is 27.1. The first-order valence-electron chi connectivity index (χ1n) is 11.3. The minimum atomic E-state index is -0.224. The monoisotopic (exact) mass is 469 g/mol. The van der Waals surface area contributed by atoms with Gasteiger partial charge in [-0.1, -0.05) is 32.1 Å². The lowest BCUT2D eigenvalue weighted by Gasteiger charge is -2.15. The third-order valence-electron chi connectivity index (χ3n) is 4.98. The summed E-state index contributed by atoms with van der Waals surface area (Å²) < 4.78 is 13.6. The summed E-state index contributed by atoms with van der Waals surface area (Å²) in [6.45, 7) is 5.69. The second kappa shape index (κ2) is 13.9. The van der Waals surface area contributed by atoms with Gasteiger partial charge in [0, 0.05) is 46.1 Å². The van der Waals surface area contributed by atoms with Gasteiger partial charge >= 0.3 is 0 Å². The smallest absolute Gasteiger partial charge is 0.233 e. The average molecular weight is 470 g/mol. The van der Waals surface area contributed by atoms with E-state index in [1.165, 1.54) is 11.9 Å². The van der Waals surface area contributed by atoms with Crippen molar-refractivity contribution in [2.75, 3.05) is 33.1 Å². The highest BCUT2D eigenvalue weighted by Gasteiger charge is 2.30. The van der Waals surface area contributed by atoms with E-state index in [4.69, 9.17) is 11.0 Å². The summed E-state index contributed by atoms with van der Waals surface area (Å²) in [6, 6.07) is 2.11. The van der Waals surface area contributed by atoms with Crippen LogP contribution in [0.5, 0.6) is 0 Å². The molecule has 2 N–H and O–H groups in total. The molecule has 1 saturated carbocycles.